The summed E-state index contributed by atoms with van der Waals surface area (Å²) in [7, 11) is -4.25. The Kier molecular flexibility index (Phi) is 10.7. The molecule has 0 spiro atoms. The zero-order valence-corrected chi connectivity index (χ0v) is 15.8. The minimum absolute atomic E-state index is 0. The molecule has 6 nitrogen and oxygen atoms in total. The number of hydrogen-bond donors (Lipinski definition) is 1. The first kappa shape index (κ1) is 21.4. The van der Waals surface area contributed by atoms with Gasteiger partial charge in [-0.15, -0.1) is 0 Å². The molecule has 0 saturated heterocycles. The van der Waals surface area contributed by atoms with E-state index in [1.807, 2.05) is 0 Å². The topological polar surface area (TPSA) is 89.9 Å². The average Bonchev–Trinajstić information content (AvgIpc) is 2.42. The standard InChI is InChI=1S/C14H20O6S.Na/c1-2-3-4-5-6-11-19-14(15)20-12-7-9-13(10-8-12)21(16,17)18;/h7-10H,2-6,11H2,1H3,(H,16,17,18);. The summed E-state index contributed by atoms with van der Waals surface area (Å²) < 4.78 is 40.3. The van der Waals surface area contributed by atoms with Crippen LogP contribution in [0.25, 0.3) is 0 Å². The molecule has 1 radical (unpaired) electrons. The molecule has 0 saturated carbocycles. The summed E-state index contributed by atoms with van der Waals surface area (Å²) in [4.78, 5) is 11.1. The van der Waals surface area contributed by atoms with Crippen molar-refractivity contribution in [2.45, 2.75) is 43.9 Å². The van der Waals surface area contributed by atoms with Crippen LogP contribution in [0.5, 0.6) is 5.75 Å². The zero-order valence-electron chi connectivity index (χ0n) is 12.9. The van der Waals surface area contributed by atoms with Gasteiger partial charge in [-0.1, -0.05) is 32.6 Å². The van der Waals surface area contributed by atoms with E-state index in [2.05, 4.69) is 6.92 Å². The molecule has 0 bridgehead atoms. The molecular formula is C14H20NaO6S. The number of carbonyl (C=O) groups is 1. The van der Waals surface area contributed by atoms with Gasteiger partial charge in [0.05, 0.1) is 11.5 Å². The molecule has 0 unspecified atom stereocenters. The Morgan fingerprint density at radius 1 is 1.09 bits per heavy atom. The number of benzene rings is 1. The summed E-state index contributed by atoms with van der Waals surface area (Å²) in [6, 6.07) is 4.82. The van der Waals surface area contributed by atoms with Crippen molar-refractivity contribution in [3.8, 4) is 5.75 Å². The Hall–Kier alpha value is -0.600. The molecule has 0 aliphatic heterocycles. The van der Waals surface area contributed by atoms with E-state index in [1.165, 1.54) is 18.6 Å². The summed E-state index contributed by atoms with van der Waals surface area (Å²) in [5, 5.41) is 0. The van der Waals surface area contributed by atoms with Gasteiger partial charge in [0.2, 0.25) is 0 Å². The van der Waals surface area contributed by atoms with Crippen LogP contribution in [0.1, 0.15) is 39.0 Å². The van der Waals surface area contributed by atoms with Gasteiger partial charge in [-0.25, -0.2) is 4.79 Å². The van der Waals surface area contributed by atoms with E-state index in [0.717, 1.165) is 37.8 Å². The van der Waals surface area contributed by atoms with Gasteiger partial charge in [-0.3, -0.25) is 4.55 Å². The fourth-order valence-corrected chi connectivity index (χ4v) is 2.15. The Balaban J connectivity index is 0.00000441. The van der Waals surface area contributed by atoms with E-state index in [-0.39, 0.29) is 40.2 Å². The van der Waals surface area contributed by atoms with Crippen LogP contribution >= 0.6 is 0 Å². The van der Waals surface area contributed by atoms with E-state index < -0.39 is 16.3 Å². The van der Waals surface area contributed by atoms with Crippen molar-refractivity contribution < 1.29 is 27.2 Å². The monoisotopic (exact) mass is 339 g/mol. The van der Waals surface area contributed by atoms with Crippen molar-refractivity contribution in [1.29, 1.82) is 0 Å². The number of unbranched alkanes of at least 4 members (excludes halogenated alkanes) is 4. The van der Waals surface area contributed by atoms with Crippen LogP contribution < -0.4 is 4.74 Å². The minimum Gasteiger partial charge on any atom is -0.434 e. The summed E-state index contributed by atoms with van der Waals surface area (Å²) in [6.45, 7) is 2.42. The SMILES string of the molecule is CCCCCCCOC(=O)Oc1ccc(S(=O)(=O)O)cc1.[Na]. The quantitative estimate of drug-likeness (QED) is 0.257. The third-order valence-electron chi connectivity index (χ3n) is 2.79. The Morgan fingerprint density at radius 3 is 2.23 bits per heavy atom. The molecule has 119 valence electrons. The van der Waals surface area contributed by atoms with Crippen molar-refractivity contribution in [2.24, 2.45) is 0 Å². The minimum atomic E-state index is -4.25. The summed E-state index contributed by atoms with van der Waals surface area (Å²) in [5.74, 6) is 0.151. The maximum Gasteiger partial charge on any atom is 0.513 e. The second-order valence-corrected chi connectivity index (χ2v) is 5.98. The number of carbonyl (C=O) groups excluding carboxylic acids is 1. The van der Waals surface area contributed by atoms with Crippen LogP contribution in [0.3, 0.4) is 0 Å². The van der Waals surface area contributed by atoms with Gasteiger partial charge in [-0.05, 0) is 30.7 Å². The molecule has 1 rings (SSSR count). The van der Waals surface area contributed by atoms with Crippen molar-refractivity contribution >= 4 is 45.8 Å². The molecule has 1 aromatic rings. The second kappa shape index (κ2) is 11.0. The Morgan fingerprint density at radius 2 is 1.68 bits per heavy atom. The molecule has 0 amide bonds. The van der Waals surface area contributed by atoms with Gasteiger partial charge in [0, 0.05) is 29.6 Å². The van der Waals surface area contributed by atoms with Gasteiger partial charge >= 0.3 is 6.16 Å². The van der Waals surface area contributed by atoms with Crippen LogP contribution in [-0.4, -0.2) is 55.3 Å². The van der Waals surface area contributed by atoms with E-state index >= 15 is 0 Å². The molecule has 0 fully saturated rings. The molecule has 0 aliphatic carbocycles. The first-order chi connectivity index (χ1) is 9.93. The molecule has 22 heavy (non-hydrogen) atoms. The third-order valence-corrected chi connectivity index (χ3v) is 3.66. The van der Waals surface area contributed by atoms with E-state index in [1.54, 1.807) is 0 Å². The van der Waals surface area contributed by atoms with E-state index in [9.17, 15) is 13.2 Å². The van der Waals surface area contributed by atoms with Crippen molar-refractivity contribution in [3.05, 3.63) is 24.3 Å². The first-order valence-corrected chi connectivity index (χ1v) is 8.29. The van der Waals surface area contributed by atoms with Crippen LogP contribution in [0.2, 0.25) is 0 Å². The molecule has 0 heterocycles. The Labute approximate surface area is 153 Å². The van der Waals surface area contributed by atoms with Crippen molar-refractivity contribution in [2.75, 3.05) is 6.61 Å². The average molecular weight is 339 g/mol. The molecule has 8 heteroatoms. The molecule has 0 aromatic heterocycles. The second-order valence-electron chi connectivity index (χ2n) is 4.56. The zero-order chi connectivity index (χ0) is 15.7. The maximum atomic E-state index is 11.4. The van der Waals surface area contributed by atoms with Gasteiger partial charge in [0.15, 0.2) is 0 Å². The smallest absolute Gasteiger partial charge is 0.434 e. The van der Waals surface area contributed by atoms with E-state index in [4.69, 9.17) is 14.0 Å². The van der Waals surface area contributed by atoms with E-state index in [0.29, 0.717) is 6.61 Å². The Bertz CT molecular complexity index is 541. The summed E-state index contributed by atoms with van der Waals surface area (Å²) in [5.41, 5.74) is 0. The predicted octanol–water partition coefficient (Wildman–Crippen LogP) is 3.04. The fraction of sp³-hybridized carbons (Fsp3) is 0.500. The predicted molar refractivity (Wildman–Crippen MR) is 82.7 cm³/mol. The largest absolute Gasteiger partial charge is 0.513 e. The van der Waals surface area contributed by atoms with Crippen molar-refractivity contribution in [3.63, 3.8) is 0 Å². The molecule has 1 N–H and O–H groups in total. The van der Waals surface area contributed by atoms with Gasteiger partial charge < -0.3 is 9.47 Å². The molecule has 1 aromatic carbocycles. The van der Waals surface area contributed by atoms with Crippen LogP contribution in [0.4, 0.5) is 4.79 Å². The van der Waals surface area contributed by atoms with Crippen LogP contribution in [0, 0.1) is 0 Å². The number of ether oxygens (including phenoxy) is 2. The van der Waals surface area contributed by atoms with Crippen LogP contribution in [0.15, 0.2) is 29.2 Å². The van der Waals surface area contributed by atoms with Gasteiger partial charge in [0.1, 0.15) is 5.75 Å². The summed E-state index contributed by atoms with van der Waals surface area (Å²) >= 11 is 0. The van der Waals surface area contributed by atoms with Gasteiger partial charge in [0.25, 0.3) is 10.1 Å². The molecular weight excluding hydrogens is 319 g/mol. The van der Waals surface area contributed by atoms with Crippen LogP contribution in [-0.2, 0) is 14.9 Å². The fourth-order valence-electron chi connectivity index (χ4n) is 1.67. The molecule has 0 aliphatic rings. The number of hydrogen-bond acceptors (Lipinski definition) is 5. The third kappa shape index (κ3) is 8.75. The normalized spacial score (nSPS) is 10.6. The number of rotatable bonds is 8. The maximum absolute atomic E-state index is 11.4. The van der Waals surface area contributed by atoms with Gasteiger partial charge in [-0.2, -0.15) is 8.42 Å². The molecule has 0 atom stereocenters. The van der Waals surface area contributed by atoms with Crippen molar-refractivity contribution in [1.82, 2.24) is 0 Å². The summed E-state index contributed by atoms with van der Waals surface area (Å²) in [6.07, 6.45) is 4.41. The first-order valence-electron chi connectivity index (χ1n) is 6.85.